The summed E-state index contributed by atoms with van der Waals surface area (Å²) in [4.78, 5) is 18.9. The highest BCUT2D eigenvalue weighted by Crippen LogP contribution is 2.26. The number of carbonyl (C=O) groups is 1. The Bertz CT molecular complexity index is 796. The first-order valence-electron chi connectivity index (χ1n) is 8.01. The summed E-state index contributed by atoms with van der Waals surface area (Å²) >= 11 is 1.35. The van der Waals surface area contributed by atoms with Crippen LogP contribution in [0.15, 0.2) is 28.2 Å². The average molecular weight is 368 g/mol. The zero-order chi connectivity index (χ0) is 17.2. The number of aromatic nitrogens is 1. The molecule has 0 aromatic carbocycles. The molecule has 6 nitrogen and oxygen atoms in total. The summed E-state index contributed by atoms with van der Waals surface area (Å²) in [5.74, 6) is 0.641. The maximum absolute atomic E-state index is 12.9. The number of rotatable bonds is 6. The molecule has 1 atom stereocenters. The quantitative estimate of drug-likeness (QED) is 0.783. The molecule has 0 spiro atoms. The van der Waals surface area contributed by atoms with Crippen LogP contribution in [0, 0.1) is 0 Å². The number of nitrogens with zero attached hydrogens (tertiary/aromatic N) is 2. The maximum atomic E-state index is 12.9. The summed E-state index contributed by atoms with van der Waals surface area (Å²) < 4.78 is 28.9. The van der Waals surface area contributed by atoms with E-state index in [2.05, 4.69) is 4.98 Å². The average Bonchev–Trinajstić information content (AvgIpc) is 3.26. The molecule has 3 heterocycles. The third-order valence-corrected chi connectivity index (χ3v) is 6.73. The van der Waals surface area contributed by atoms with Crippen LogP contribution in [0.3, 0.4) is 0 Å². The summed E-state index contributed by atoms with van der Waals surface area (Å²) in [7, 11) is -3.04. The number of carbonyl (C=O) groups excluding carboxylic acids is 1. The molecule has 24 heavy (non-hydrogen) atoms. The number of hydrogen-bond acceptors (Lipinski definition) is 6. The van der Waals surface area contributed by atoms with E-state index >= 15 is 0 Å². The highest BCUT2D eigenvalue weighted by atomic mass is 32.2. The minimum absolute atomic E-state index is 0.0532. The Morgan fingerprint density at radius 1 is 1.50 bits per heavy atom. The van der Waals surface area contributed by atoms with Gasteiger partial charge in [-0.3, -0.25) is 4.79 Å². The molecule has 1 aliphatic rings. The maximum Gasteiger partial charge on any atom is 0.273 e. The lowest BCUT2D eigenvalue weighted by molar-refractivity contribution is 0.0689. The van der Waals surface area contributed by atoms with Gasteiger partial charge in [-0.2, -0.15) is 0 Å². The van der Waals surface area contributed by atoms with Crippen LogP contribution >= 0.6 is 11.3 Å². The molecule has 1 unspecified atom stereocenters. The van der Waals surface area contributed by atoms with E-state index < -0.39 is 9.84 Å². The lowest BCUT2D eigenvalue weighted by Crippen LogP contribution is -2.42. The van der Waals surface area contributed by atoms with Crippen molar-refractivity contribution in [1.82, 2.24) is 9.88 Å². The number of unbranched alkanes of at least 4 members (excludes halogenated alkanes) is 1. The Labute approximate surface area is 145 Å². The van der Waals surface area contributed by atoms with Gasteiger partial charge in [-0.15, -0.1) is 11.3 Å². The van der Waals surface area contributed by atoms with Crippen LogP contribution in [0.5, 0.6) is 0 Å². The molecular formula is C16H20N2O4S2. The molecule has 0 N–H and O–H groups in total. The number of hydrogen-bond donors (Lipinski definition) is 0. The van der Waals surface area contributed by atoms with Gasteiger partial charge in [0.2, 0.25) is 0 Å². The molecule has 1 saturated heterocycles. The van der Waals surface area contributed by atoms with E-state index in [1.54, 1.807) is 28.7 Å². The van der Waals surface area contributed by atoms with E-state index in [1.807, 2.05) is 6.92 Å². The first-order chi connectivity index (χ1) is 11.5. The second-order valence-electron chi connectivity index (χ2n) is 5.92. The van der Waals surface area contributed by atoms with Gasteiger partial charge in [-0.25, -0.2) is 13.4 Å². The van der Waals surface area contributed by atoms with Crippen LogP contribution in [0.2, 0.25) is 0 Å². The summed E-state index contributed by atoms with van der Waals surface area (Å²) in [5, 5.41) is 2.36. The SMILES string of the molecule is CCCCN(C(=O)c1csc(-c2ccco2)n1)C1CCS(=O)(=O)C1. The van der Waals surface area contributed by atoms with Crippen molar-refractivity contribution >= 4 is 27.1 Å². The molecule has 3 rings (SSSR count). The molecule has 0 aliphatic carbocycles. The van der Waals surface area contributed by atoms with E-state index in [9.17, 15) is 13.2 Å². The summed E-state index contributed by atoms with van der Waals surface area (Å²) in [6.45, 7) is 2.61. The third-order valence-electron chi connectivity index (χ3n) is 4.12. The Kier molecular flexibility index (Phi) is 5.05. The van der Waals surface area contributed by atoms with Crippen LogP contribution in [-0.4, -0.2) is 48.3 Å². The van der Waals surface area contributed by atoms with Gasteiger partial charge in [0.25, 0.3) is 5.91 Å². The highest BCUT2D eigenvalue weighted by molar-refractivity contribution is 7.91. The van der Waals surface area contributed by atoms with Crippen molar-refractivity contribution in [1.29, 1.82) is 0 Å². The van der Waals surface area contributed by atoms with Crippen LogP contribution in [-0.2, 0) is 9.84 Å². The fraction of sp³-hybridized carbons (Fsp3) is 0.500. The van der Waals surface area contributed by atoms with Gasteiger partial charge in [0, 0.05) is 18.0 Å². The van der Waals surface area contributed by atoms with Gasteiger partial charge in [0.15, 0.2) is 20.6 Å². The molecule has 1 amide bonds. The van der Waals surface area contributed by atoms with E-state index in [4.69, 9.17) is 4.42 Å². The van der Waals surface area contributed by atoms with Crippen LogP contribution in [0.25, 0.3) is 10.8 Å². The van der Waals surface area contributed by atoms with E-state index in [0.29, 0.717) is 29.4 Å². The molecule has 0 bridgehead atoms. The normalized spacial score (nSPS) is 19.5. The molecule has 0 saturated carbocycles. The van der Waals surface area contributed by atoms with Crippen molar-refractivity contribution in [2.45, 2.75) is 32.2 Å². The van der Waals surface area contributed by atoms with Gasteiger partial charge in [-0.1, -0.05) is 13.3 Å². The van der Waals surface area contributed by atoms with Gasteiger partial charge < -0.3 is 9.32 Å². The smallest absolute Gasteiger partial charge is 0.273 e. The molecule has 2 aromatic rings. The summed E-state index contributed by atoms with van der Waals surface area (Å²) in [5.41, 5.74) is 0.354. The van der Waals surface area contributed by atoms with Crippen molar-refractivity contribution in [3.63, 3.8) is 0 Å². The van der Waals surface area contributed by atoms with Crippen molar-refractivity contribution in [2.24, 2.45) is 0 Å². The molecule has 1 aliphatic heterocycles. The summed E-state index contributed by atoms with van der Waals surface area (Å²) in [6.07, 6.45) is 3.86. The van der Waals surface area contributed by atoms with Crippen molar-refractivity contribution < 1.29 is 17.6 Å². The molecule has 1 fully saturated rings. The summed E-state index contributed by atoms with van der Waals surface area (Å²) in [6, 6.07) is 3.32. The zero-order valence-electron chi connectivity index (χ0n) is 13.5. The monoisotopic (exact) mass is 368 g/mol. The topological polar surface area (TPSA) is 80.5 Å². The lowest BCUT2D eigenvalue weighted by Gasteiger charge is -2.27. The first-order valence-corrected chi connectivity index (χ1v) is 10.7. The predicted molar refractivity (Wildman–Crippen MR) is 92.8 cm³/mol. The van der Waals surface area contributed by atoms with Crippen molar-refractivity contribution in [3.8, 4) is 10.8 Å². The zero-order valence-corrected chi connectivity index (χ0v) is 15.1. The van der Waals surface area contributed by atoms with Gasteiger partial charge >= 0.3 is 0 Å². The second kappa shape index (κ2) is 7.06. The fourth-order valence-corrected chi connectivity index (χ4v) is 5.32. The largest absolute Gasteiger partial charge is 0.462 e. The van der Waals surface area contributed by atoms with Crippen LogP contribution in [0.1, 0.15) is 36.7 Å². The molecular weight excluding hydrogens is 348 g/mol. The standard InChI is InChI=1S/C16H20N2O4S2/c1-2-3-7-18(12-6-9-24(20,21)11-12)16(19)13-10-23-15(17-13)14-5-4-8-22-14/h4-5,8,10,12H,2-3,6-7,9,11H2,1H3. The predicted octanol–water partition coefficient (Wildman–Crippen LogP) is 2.83. The first kappa shape index (κ1) is 17.2. The number of amides is 1. The molecule has 0 radical (unpaired) electrons. The Morgan fingerprint density at radius 3 is 2.96 bits per heavy atom. The van der Waals surface area contributed by atoms with Crippen LogP contribution in [0.4, 0.5) is 0 Å². The van der Waals surface area contributed by atoms with Crippen molar-refractivity contribution in [2.75, 3.05) is 18.1 Å². The Balaban J connectivity index is 1.81. The Hall–Kier alpha value is -1.67. The Morgan fingerprint density at radius 2 is 2.33 bits per heavy atom. The van der Waals surface area contributed by atoms with Gasteiger partial charge in [0.05, 0.1) is 17.8 Å². The van der Waals surface area contributed by atoms with E-state index in [1.165, 1.54) is 11.3 Å². The number of furan rings is 1. The minimum Gasteiger partial charge on any atom is -0.462 e. The van der Waals surface area contributed by atoms with Crippen molar-refractivity contribution in [3.05, 3.63) is 29.5 Å². The number of sulfone groups is 1. The highest BCUT2D eigenvalue weighted by Gasteiger charge is 2.35. The minimum atomic E-state index is -3.04. The van der Waals surface area contributed by atoms with Gasteiger partial charge in [0.1, 0.15) is 5.69 Å². The third kappa shape index (κ3) is 3.70. The van der Waals surface area contributed by atoms with E-state index in [-0.39, 0.29) is 23.5 Å². The molecule has 8 heteroatoms. The number of thiazole rings is 1. The van der Waals surface area contributed by atoms with Gasteiger partial charge in [-0.05, 0) is 25.0 Å². The second-order valence-corrected chi connectivity index (χ2v) is 9.01. The molecule has 2 aromatic heterocycles. The van der Waals surface area contributed by atoms with Crippen LogP contribution < -0.4 is 0 Å². The van der Waals surface area contributed by atoms with E-state index in [0.717, 1.165) is 12.8 Å². The fourth-order valence-electron chi connectivity index (χ4n) is 2.83. The molecule has 130 valence electrons. The lowest BCUT2D eigenvalue weighted by atomic mass is 10.2.